The molecule has 4 aromatic rings. The SMILES string of the molecule is COc1ccc(-c2cc(-c3ccc(Cl)cc3)nc(N[C@H](C)c3ccccc3)c2C#N)cc1. The lowest BCUT2D eigenvalue weighted by molar-refractivity contribution is 0.415. The van der Waals surface area contributed by atoms with Gasteiger partial charge in [0.15, 0.2) is 0 Å². The van der Waals surface area contributed by atoms with E-state index < -0.39 is 0 Å². The second-order valence-electron chi connectivity index (χ2n) is 7.40. The molecule has 4 nitrogen and oxygen atoms in total. The predicted molar refractivity (Wildman–Crippen MR) is 130 cm³/mol. The molecule has 0 fully saturated rings. The van der Waals surface area contributed by atoms with Gasteiger partial charge in [-0.3, -0.25) is 0 Å². The standard InChI is InChI=1S/C27H22ClN3O/c1-18(19-6-4-3-5-7-19)30-27-25(17-29)24(20-10-14-23(32-2)15-11-20)16-26(31-27)21-8-12-22(28)13-9-21/h3-16,18H,1-2H3,(H,30,31)/t18-/m1/s1. The summed E-state index contributed by atoms with van der Waals surface area (Å²) in [7, 11) is 1.63. The summed E-state index contributed by atoms with van der Waals surface area (Å²) in [6, 6.07) is 29.6. The maximum Gasteiger partial charge on any atom is 0.145 e. The maximum atomic E-state index is 10.1. The Morgan fingerprint density at radius 1 is 0.938 bits per heavy atom. The fraction of sp³-hybridized carbons (Fsp3) is 0.111. The van der Waals surface area contributed by atoms with Gasteiger partial charge in [0.1, 0.15) is 23.2 Å². The molecule has 1 aromatic heterocycles. The molecule has 5 heteroatoms. The Bertz CT molecular complexity index is 1250. The van der Waals surface area contributed by atoms with Gasteiger partial charge in [-0.15, -0.1) is 0 Å². The maximum absolute atomic E-state index is 10.1. The van der Waals surface area contributed by atoms with Gasteiger partial charge >= 0.3 is 0 Å². The quantitative estimate of drug-likeness (QED) is 0.347. The summed E-state index contributed by atoms with van der Waals surface area (Å²) in [5.41, 5.74) is 5.00. The number of ether oxygens (including phenoxy) is 1. The summed E-state index contributed by atoms with van der Waals surface area (Å²) in [4.78, 5) is 4.83. The Kier molecular flexibility index (Phi) is 6.39. The highest BCUT2D eigenvalue weighted by atomic mass is 35.5. The Morgan fingerprint density at radius 3 is 2.22 bits per heavy atom. The van der Waals surface area contributed by atoms with Crippen LogP contribution in [-0.2, 0) is 0 Å². The van der Waals surface area contributed by atoms with E-state index in [0.717, 1.165) is 33.7 Å². The van der Waals surface area contributed by atoms with E-state index in [2.05, 4.69) is 30.4 Å². The van der Waals surface area contributed by atoms with E-state index in [1.165, 1.54) is 0 Å². The first kappa shape index (κ1) is 21.4. The minimum atomic E-state index is -0.0278. The molecule has 32 heavy (non-hydrogen) atoms. The molecule has 0 radical (unpaired) electrons. The molecule has 0 saturated carbocycles. The van der Waals surface area contributed by atoms with Crippen LogP contribution in [0.1, 0.15) is 24.1 Å². The third-order valence-electron chi connectivity index (χ3n) is 5.33. The summed E-state index contributed by atoms with van der Waals surface area (Å²) in [6.45, 7) is 2.06. The van der Waals surface area contributed by atoms with Gasteiger partial charge in [0, 0.05) is 22.2 Å². The third-order valence-corrected chi connectivity index (χ3v) is 5.58. The molecule has 0 aliphatic heterocycles. The van der Waals surface area contributed by atoms with Crippen molar-refractivity contribution in [2.75, 3.05) is 12.4 Å². The van der Waals surface area contributed by atoms with Crippen LogP contribution in [-0.4, -0.2) is 12.1 Å². The number of methoxy groups -OCH3 is 1. The molecule has 1 heterocycles. The molecule has 4 rings (SSSR count). The fourth-order valence-corrected chi connectivity index (χ4v) is 3.69. The monoisotopic (exact) mass is 439 g/mol. The number of aromatic nitrogens is 1. The molecule has 0 bridgehead atoms. The molecule has 3 aromatic carbocycles. The average Bonchev–Trinajstić information content (AvgIpc) is 2.84. The molecule has 1 N–H and O–H groups in total. The van der Waals surface area contributed by atoms with Gasteiger partial charge in [-0.25, -0.2) is 4.98 Å². The highest BCUT2D eigenvalue weighted by Gasteiger charge is 2.17. The van der Waals surface area contributed by atoms with E-state index in [9.17, 15) is 5.26 Å². The van der Waals surface area contributed by atoms with Crippen molar-refractivity contribution in [2.24, 2.45) is 0 Å². The Labute approximate surface area is 193 Å². The number of anilines is 1. The van der Waals surface area contributed by atoms with Gasteiger partial charge in [-0.1, -0.05) is 66.2 Å². The van der Waals surface area contributed by atoms with Crippen LogP contribution in [0.25, 0.3) is 22.4 Å². The molecular formula is C27H22ClN3O. The van der Waals surface area contributed by atoms with E-state index in [-0.39, 0.29) is 6.04 Å². The van der Waals surface area contributed by atoms with Gasteiger partial charge in [0.05, 0.1) is 12.8 Å². The van der Waals surface area contributed by atoms with Gasteiger partial charge < -0.3 is 10.1 Å². The Balaban J connectivity index is 1.85. The second kappa shape index (κ2) is 9.55. The minimum Gasteiger partial charge on any atom is -0.497 e. The summed E-state index contributed by atoms with van der Waals surface area (Å²) < 4.78 is 5.29. The number of nitrogens with zero attached hydrogens (tertiary/aromatic N) is 2. The molecule has 0 aliphatic rings. The molecule has 0 aliphatic carbocycles. The lowest BCUT2D eigenvalue weighted by Gasteiger charge is -2.19. The van der Waals surface area contributed by atoms with Crippen LogP contribution in [0.4, 0.5) is 5.82 Å². The number of nitrogens with one attached hydrogen (secondary N) is 1. The summed E-state index contributed by atoms with van der Waals surface area (Å²) in [5.74, 6) is 1.30. The lowest BCUT2D eigenvalue weighted by Crippen LogP contribution is -2.10. The zero-order valence-corrected chi connectivity index (χ0v) is 18.6. The molecule has 0 saturated heterocycles. The number of hydrogen-bond donors (Lipinski definition) is 1. The first-order valence-electron chi connectivity index (χ1n) is 10.3. The third kappa shape index (κ3) is 4.59. The van der Waals surface area contributed by atoms with Crippen LogP contribution in [0.2, 0.25) is 5.02 Å². The lowest BCUT2D eigenvalue weighted by atomic mass is 9.98. The van der Waals surface area contributed by atoms with E-state index in [0.29, 0.717) is 16.4 Å². The summed E-state index contributed by atoms with van der Waals surface area (Å²) >= 11 is 6.08. The van der Waals surface area contributed by atoms with Gasteiger partial charge in [-0.2, -0.15) is 5.26 Å². The Hall–Kier alpha value is -3.81. The van der Waals surface area contributed by atoms with Crippen molar-refractivity contribution in [1.82, 2.24) is 4.98 Å². The van der Waals surface area contributed by atoms with Crippen LogP contribution >= 0.6 is 11.6 Å². The average molecular weight is 440 g/mol. The smallest absolute Gasteiger partial charge is 0.145 e. The van der Waals surface area contributed by atoms with E-state index >= 15 is 0 Å². The van der Waals surface area contributed by atoms with Gasteiger partial charge in [0.25, 0.3) is 0 Å². The van der Waals surface area contributed by atoms with Crippen LogP contribution in [0.3, 0.4) is 0 Å². The number of hydrogen-bond acceptors (Lipinski definition) is 4. The normalized spacial score (nSPS) is 11.4. The molecule has 0 amide bonds. The van der Waals surface area contributed by atoms with Gasteiger partial charge in [0.2, 0.25) is 0 Å². The number of pyridine rings is 1. The van der Waals surface area contributed by atoms with Crippen LogP contribution < -0.4 is 10.1 Å². The predicted octanol–water partition coefficient (Wildman–Crippen LogP) is 7.12. The van der Waals surface area contributed by atoms with Crippen LogP contribution in [0, 0.1) is 11.3 Å². The first-order chi connectivity index (χ1) is 15.6. The van der Waals surface area contributed by atoms with Crippen molar-refractivity contribution < 1.29 is 4.74 Å². The molecular weight excluding hydrogens is 418 g/mol. The van der Waals surface area contributed by atoms with Crippen molar-refractivity contribution in [3.63, 3.8) is 0 Å². The van der Waals surface area contributed by atoms with E-state index in [1.54, 1.807) is 7.11 Å². The van der Waals surface area contributed by atoms with E-state index in [1.807, 2.05) is 72.8 Å². The Morgan fingerprint density at radius 2 is 1.59 bits per heavy atom. The zero-order chi connectivity index (χ0) is 22.5. The topological polar surface area (TPSA) is 57.9 Å². The van der Waals surface area contributed by atoms with Crippen molar-refractivity contribution in [3.8, 4) is 34.2 Å². The molecule has 1 atom stereocenters. The fourth-order valence-electron chi connectivity index (χ4n) is 3.56. The highest BCUT2D eigenvalue weighted by Crippen LogP contribution is 2.34. The highest BCUT2D eigenvalue weighted by molar-refractivity contribution is 6.30. The van der Waals surface area contributed by atoms with Crippen LogP contribution in [0.15, 0.2) is 84.9 Å². The van der Waals surface area contributed by atoms with Crippen molar-refractivity contribution in [3.05, 3.63) is 101 Å². The largest absolute Gasteiger partial charge is 0.497 e. The minimum absolute atomic E-state index is 0.0278. The molecule has 0 spiro atoms. The summed E-state index contributed by atoms with van der Waals surface area (Å²) in [5, 5.41) is 14.2. The van der Waals surface area contributed by atoms with Crippen LogP contribution in [0.5, 0.6) is 5.75 Å². The van der Waals surface area contributed by atoms with E-state index in [4.69, 9.17) is 21.3 Å². The van der Waals surface area contributed by atoms with Crippen molar-refractivity contribution in [1.29, 1.82) is 5.26 Å². The number of halogens is 1. The number of rotatable bonds is 6. The molecule has 158 valence electrons. The summed E-state index contributed by atoms with van der Waals surface area (Å²) in [6.07, 6.45) is 0. The number of benzene rings is 3. The number of nitriles is 1. The first-order valence-corrected chi connectivity index (χ1v) is 10.6. The van der Waals surface area contributed by atoms with Crippen molar-refractivity contribution in [2.45, 2.75) is 13.0 Å². The molecule has 0 unspecified atom stereocenters. The zero-order valence-electron chi connectivity index (χ0n) is 17.8. The van der Waals surface area contributed by atoms with Crippen molar-refractivity contribution >= 4 is 17.4 Å². The second-order valence-corrected chi connectivity index (χ2v) is 7.84. The van der Waals surface area contributed by atoms with Gasteiger partial charge in [-0.05, 0) is 48.4 Å².